The lowest BCUT2D eigenvalue weighted by molar-refractivity contribution is -0.129. The van der Waals surface area contributed by atoms with Crippen molar-refractivity contribution in [3.05, 3.63) is 46.1 Å². The number of halogens is 1. The smallest absolute Gasteiger partial charge is 0.337 e. The molecule has 28 heavy (non-hydrogen) atoms. The van der Waals surface area contributed by atoms with Gasteiger partial charge in [0.05, 0.1) is 19.2 Å². The van der Waals surface area contributed by atoms with Crippen LogP contribution in [-0.4, -0.2) is 59.6 Å². The Bertz CT molecular complexity index is 892. The molecule has 0 aliphatic carbocycles. The lowest BCUT2D eigenvalue weighted by atomic mass is 10.1. The molecule has 1 aromatic heterocycles. The SMILES string of the molecule is COC(=O)c1ccc(Cl)c(Cc2noc(C(=O)NCC(=O)N3CCCC3)n2)c1. The molecule has 2 heterocycles. The van der Waals surface area contributed by atoms with Crippen LogP contribution in [0, 0.1) is 0 Å². The summed E-state index contributed by atoms with van der Waals surface area (Å²) in [5, 5.41) is 6.65. The Morgan fingerprint density at radius 1 is 1.29 bits per heavy atom. The fourth-order valence-corrected chi connectivity index (χ4v) is 3.04. The van der Waals surface area contributed by atoms with Crippen LogP contribution in [0.5, 0.6) is 0 Å². The molecule has 0 saturated carbocycles. The van der Waals surface area contributed by atoms with E-state index in [0.29, 0.717) is 29.2 Å². The number of aromatic nitrogens is 2. The molecule has 1 fully saturated rings. The molecule has 2 amide bonds. The van der Waals surface area contributed by atoms with Gasteiger partial charge in [0.1, 0.15) is 0 Å². The van der Waals surface area contributed by atoms with E-state index < -0.39 is 11.9 Å². The maximum absolute atomic E-state index is 12.1. The molecule has 2 aromatic rings. The summed E-state index contributed by atoms with van der Waals surface area (Å²) in [5.74, 6) is -1.28. The first kappa shape index (κ1) is 19.8. The number of carbonyl (C=O) groups excluding carboxylic acids is 3. The fraction of sp³-hybridized carbons (Fsp3) is 0.389. The van der Waals surface area contributed by atoms with Crippen molar-refractivity contribution in [2.45, 2.75) is 19.3 Å². The van der Waals surface area contributed by atoms with E-state index in [0.717, 1.165) is 12.8 Å². The maximum Gasteiger partial charge on any atom is 0.337 e. The summed E-state index contributed by atoms with van der Waals surface area (Å²) in [6, 6.07) is 4.68. The molecule has 0 radical (unpaired) electrons. The van der Waals surface area contributed by atoms with Gasteiger partial charge in [0.25, 0.3) is 0 Å². The van der Waals surface area contributed by atoms with Crippen LogP contribution in [0.25, 0.3) is 0 Å². The van der Waals surface area contributed by atoms with Crippen LogP contribution in [0.3, 0.4) is 0 Å². The number of benzene rings is 1. The Hall–Kier alpha value is -2.94. The molecule has 1 saturated heterocycles. The number of hydrogen-bond acceptors (Lipinski definition) is 7. The number of carbonyl (C=O) groups is 3. The lowest BCUT2D eigenvalue weighted by Gasteiger charge is -2.14. The van der Waals surface area contributed by atoms with Crippen LogP contribution in [-0.2, 0) is 16.0 Å². The van der Waals surface area contributed by atoms with E-state index in [-0.39, 0.29) is 30.6 Å². The highest BCUT2D eigenvalue weighted by Gasteiger charge is 2.21. The van der Waals surface area contributed by atoms with Gasteiger partial charge in [0, 0.05) is 24.5 Å². The van der Waals surface area contributed by atoms with E-state index in [9.17, 15) is 14.4 Å². The summed E-state index contributed by atoms with van der Waals surface area (Å²) >= 11 is 6.15. The van der Waals surface area contributed by atoms with E-state index in [2.05, 4.69) is 20.2 Å². The van der Waals surface area contributed by atoms with Crippen LogP contribution in [0.1, 0.15) is 45.3 Å². The molecule has 1 aliphatic heterocycles. The number of methoxy groups -OCH3 is 1. The zero-order valence-electron chi connectivity index (χ0n) is 15.2. The molecular formula is C18H19ClN4O5. The average Bonchev–Trinajstić information content (AvgIpc) is 3.39. The fourth-order valence-electron chi connectivity index (χ4n) is 2.85. The average molecular weight is 407 g/mol. The van der Waals surface area contributed by atoms with Crippen LogP contribution in [0.15, 0.2) is 22.7 Å². The highest BCUT2D eigenvalue weighted by molar-refractivity contribution is 6.31. The van der Waals surface area contributed by atoms with Crippen molar-refractivity contribution in [1.82, 2.24) is 20.4 Å². The largest absolute Gasteiger partial charge is 0.465 e. The summed E-state index contributed by atoms with van der Waals surface area (Å²) < 4.78 is 9.65. The summed E-state index contributed by atoms with van der Waals surface area (Å²) in [7, 11) is 1.29. The van der Waals surface area contributed by atoms with Crippen molar-refractivity contribution in [2.75, 3.05) is 26.7 Å². The Kier molecular flexibility index (Phi) is 6.25. The number of nitrogens with one attached hydrogen (secondary N) is 1. The summed E-state index contributed by atoms with van der Waals surface area (Å²) in [5.41, 5.74) is 0.922. The Labute approximate surface area is 166 Å². The second-order valence-corrected chi connectivity index (χ2v) is 6.67. The van der Waals surface area contributed by atoms with Gasteiger partial charge in [-0.05, 0) is 36.6 Å². The van der Waals surface area contributed by atoms with Crippen molar-refractivity contribution >= 4 is 29.4 Å². The summed E-state index contributed by atoms with van der Waals surface area (Å²) in [4.78, 5) is 41.5. The zero-order chi connectivity index (χ0) is 20.1. The van der Waals surface area contributed by atoms with Gasteiger partial charge in [-0.15, -0.1) is 0 Å². The number of amides is 2. The molecule has 9 nitrogen and oxygen atoms in total. The van der Waals surface area contributed by atoms with Crippen molar-refractivity contribution in [1.29, 1.82) is 0 Å². The van der Waals surface area contributed by atoms with Crippen molar-refractivity contribution in [3.63, 3.8) is 0 Å². The van der Waals surface area contributed by atoms with E-state index in [1.807, 2.05) is 0 Å². The molecule has 148 valence electrons. The zero-order valence-corrected chi connectivity index (χ0v) is 16.0. The van der Waals surface area contributed by atoms with E-state index in [4.69, 9.17) is 16.1 Å². The monoisotopic (exact) mass is 406 g/mol. The highest BCUT2D eigenvalue weighted by atomic mass is 35.5. The molecule has 10 heteroatoms. The van der Waals surface area contributed by atoms with Gasteiger partial charge in [-0.3, -0.25) is 9.59 Å². The van der Waals surface area contributed by atoms with Gasteiger partial charge in [-0.1, -0.05) is 16.8 Å². The van der Waals surface area contributed by atoms with E-state index in [1.54, 1.807) is 23.1 Å². The molecular weight excluding hydrogens is 388 g/mol. The van der Waals surface area contributed by atoms with Gasteiger partial charge < -0.3 is 19.5 Å². The van der Waals surface area contributed by atoms with Gasteiger partial charge >= 0.3 is 17.8 Å². The quantitative estimate of drug-likeness (QED) is 0.722. The summed E-state index contributed by atoms with van der Waals surface area (Å²) in [6.07, 6.45) is 2.12. The van der Waals surface area contributed by atoms with Gasteiger partial charge in [0.15, 0.2) is 5.82 Å². The van der Waals surface area contributed by atoms with Crippen LogP contribution in [0.4, 0.5) is 0 Å². The topological polar surface area (TPSA) is 115 Å². The molecule has 1 N–H and O–H groups in total. The minimum absolute atomic E-state index is 0.121. The summed E-state index contributed by atoms with van der Waals surface area (Å²) in [6.45, 7) is 1.30. The first-order valence-electron chi connectivity index (χ1n) is 8.73. The van der Waals surface area contributed by atoms with Crippen molar-refractivity contribution < 1.29 is 23.6 Å². The third-order valence-corrected chi connectivity index (χ3v) is 4.71. The number of nitrogens with zero attached hydrogens (tertiary/aromatic N) is 3. The van der Waals surface area contributed by atoms with Crippen LogP contribution >= 0.6 is 11.6 Å². The molecule has 0 bridgehead atoms. The third kappa shape index (κ3) is 4.66. The highest BCUT2D eigenvalue weighted by Crippen LogP contribution is 2.20. The number of esters is 1. The first-order valence-corrected chi connectivity index (χ1v) is 9.11. The van der Waals surface area contributed by atoms with Crippen molar-refractivity contribution in [3.8, 4) is 0 Å². The normalized spacial score (nSPS) is 13.4. The predicted octanol–water partition coefficient (Wildman–Crippen LogP) is 1.45. The van der Waals surface area contributed by atoms with Gasteiger partial charge in [0.2, 0.25) is 5.91 Å². The number of likely N-dealkylation sites (tertiary alicyclic amines) is 1. The first-order chi connectivity index (χ1) is 13.5. The molecule has 0 unspecified atom stereocenters. The maximum atomic E-state index is 12.1. The Morgan fingerprint density at radius 2 is 2.04 bits per heavy atom. The minimum Gasteiger partial charge on any atom is -0.465 e. The second kappa shape index (κ2) is 8.83. The molecule has 0 atom stereocenters. The Balaban J connectivity index is 1.61. The molecule has 1 aliphatic rings. The number of rotatable bonds is 6. The number of hydrogen-bond donors (Lipinski definition) is 1. The lowest BCUT2D eigenvalue weighted by Crippen LogP contribution is -2.38. The van der Waals surface area contributed by atoms with Crippen LogP contribution in [0.2, 0.25) is 5.02 Å². The minimum atomic E-state index is -0.624. The van der Waals surface area contributed by atoms with E-state index in [1.165, 1.54) is 7.11 Å². The molecule has 3 rings (SSSR count). The number of ether oxygens (including phenoxy) is 1. The van der Waals surface area contributed by atoms with E-state index >= 15 is 0 Å². The molecule has 0 spiro atoms. The predicted molar refractivity (Wildman–Crippen MR) is 98.0 cm³/mol. The van der Waals surface area contributed by atoms with Gasteiger partial charge in [-0.2, -0.15) is 4.98 Å². The van der Waals surface area contributed by atoms with Gasteiger partial charge in [-0.25, -0.2) is 4.79 Å². The third-order valence-electron chi connectivity index (χ3n) is 4.34. The standard InChI is InChI=1S/C18H19ClN4O5/c1-27-18(26)11-4-5-13(19)12(8-11)9-14-21-17(28-22-14)16(25)20-10-15(24)23-6-2-3-7-23/h4-5,8H,2-3,6-7,9-10H2,1H3,(H,20,25). The second-order valence-electron chi connectivity index (χ2n) is 6.26. The van der Waals surface area contributed by atoms with Crippen LogP contribution < -0.4 is 5.32 Å². The van der Waals surface area contributed by atoms with Crippen molar-refractivity contribution in [2.24, 2.45) is 0 Å². The Morgan fingerprint density at radius 3 is 2.75 bits per heavy atom. The molecule has 1 aromatic carbocycles.